The first-order valence-corrected chi connectivity index (χ1v) is 25.3. The lowest BCUT2D eigenvalue weighted by Crippen LogP contribution is -2.37. The molecule has 3 heterocycles. The number of nitrogens with zero attached hydrogens (tertiary/aromatic N) is 6. The van der Waals surface area contributed by atoms with E-state index in [1.165, 1.54) is 13.8 Å². The zero-order valence-corrected chi connectivity index (χ0v) is 40.7. The molecule has 2 aromatic carbocycles. The highest BCUT2D eigenvalue weighted by Crippen LogP contribution is 2.52. The Morgan fingerprint density at radius 3 is 2.19 bits per heavy atom. The van der Waals surface area contributed by atoms with Crippen LogP contribution in [0.4, 0.5) is 54.5 Å². The van der Waals surface area contributed by atoms with Gasteiger partial charge in [-0.2, -0.15) is 49.6 Å². The van der Waals surface area contributed by atoms with Crippen molar-refractivity contribution in [2.45, 2.75) is 94.5 Å². The summed E-state index contributed by atoms with van der Waals surface area (Å²) >= 11 is 6.60. The Hall–Kier alpha value is -5.98. The van der Waals surface area contributed by atoms with Crippen molar-refractivity contribution in [3.8, 4) is 23.0 Å². The van der Waals surface area contributed by atoms with Crippen molar-refractivity contribution in [2.75, 3.05) is 30.0 Å². The third-order valence-electron chi connectivity index (χ3n) is 11.2. The van der Waals surface area contributed by atoms with Gasteiger partial charge in [0, 0.05) is 42.0 Å². The number of fused-ring (bicyclic) bond motifs is 2. The Labute approximate surface area is 409 Å². The van der Waals surface area contributed by atoms with Crippen molar-refractivity contribution in [1.29, 1.82) is 0 Å². The average Bonchev–Trinajstić information content (AvgIpc) is 3.87. The maximum absolute atomic E-state index is 15.4. The zero-order chi connectivity index (χ0) is 53.7. The molecule has 0 spiro atoms. The molecule has 6 rings (SSSR count). The SMILES string of the molecule is C[C@H]1CC(F)(F)c2c1c(C(F)(F)F)nn2CC(=O)N[C@@H](Cc1cc(F)cc(F)c1)c1nc(C#CC(C)(C)S(C)(=O)=O)ccc1-c1ccc(Cl)c2c(N(C(=O)OCCCCO)S(C)(=O)=O)nn(CC(F)(F)F)c12. The van der Waals surface area contributed by atoms with E-state index in [1.54, 1.807) is 0 Å². The molecule has 2 N–H and O–H groups in total. The molecule has 0 unspecified atom stereocenters. The second-order valence-electron chi connectivity index (χ2n) is 17.3. The summed E-state index contributed by atoms with van der Waals surface area (Å²) in [5.41, 5.74) is -6.15. The lowest BCUT2D eigenvalue weighted by atomic mass is 9.93. The van der Waals surface area contributed by atoms with E-state index in [1.807, 2.05) is 0 Å². The molecular weight excluding hydrogens is 1040 g/mol. The molecule has 0 bridgehead atoms. The predicted octanol–water partition coefficient (Wildman–Crippen LogP) is 8.36. The molecule has 0 saturated heterocycles. The molecule has 72 heavy (non-hydrogen) atoms. The first-order chi connectivity index (χ1) is 33.1. The number of aromatic nitrogens is 5. The largest absolute Gasteiger partial charge is 0.448 e. The van der Waals surface area contributed by atoms with Crippen LogP contribution >= 0.6 is 11.6 Å². The number of benzene rings is 2. The molecule has 5 aromatic rings. The number of aliphatic hydroxyl groups excluding tert-OH is 1. The first kappa shape index (κ1) is 55.3. The maximum atomic E-state index is 15.4. The number of nitrogens with one attached hydrogen (secondary N) is 1. The number of carbonyl (C=O) groups is 2. The number of carbonyl (C=O) groups excluding carboxylic acids is 2. The van der Waals surface area contributed by atoms with Gasteiger partial charge in [-0.3, -0.25) is 14.2 Å². The van der Waals surface area contributed by atoms with Gasteiger partial charge in [0.25, 0.3) is 5.92 Å². The van der Waals surface area contributed by atoms with Crippen molar-refractivity contribution < 1.29 is 80.2 Å². The van der Waals surface area contributed by atoms with Crippen LogP contribution in [0.1, 0.15) is 85.9 Å². The number of sulfone groups is 1. The average molecular weight is 1090 g/mol. The van der Waals surface area contributed by atoms with Gasteiger partial charge in [0.05, 0.1) is 40.5 Å². The Balaban J connectivity index is 1.65. The van der Waals surface area contributed by atoms with Gasteiger partial charge in [0.15, 0.2) is 21.3 Å². The van der Waals surface area contributed by atoms with Crippen LogP contribution in [-0.2, 0) is 61.0 Å². The van der Waals surface area contributed by atoms with E-state index in [0.29, 0.717) is 12.3 Å². The summed E-state index contributed by atoms with van der Waals surface area (Å²) in [5.74, 6) is -4.85. The number of aliphatic hydroxyl groups is 1. The molecule has 1 aliphatic rings. The summed E-state index contributed by atoms with van der Waals surface area (Å²) in [6.45, 7) is -0.546. The van der Waals surface area contributed by atoms with Gasteiger partial charge in [-0.05, 0) is 80.8 Å². The Morgan fingerprint density at radius 2 is 1.61 bits per heavy atom. The van der Waals surface area contributed by atoms with Crippen LogP contribution in [0.15, 0.2) is 42.5 Å². The number of amides is 2. The fraction of sp³-hybridized carbons (Fsp3) is 0.432. The van der Waals surface area contributed by atoms with Gasteiger partial charge in [0.2, 0.25) is 15.9 Å². The minimum Gasteiger partial charge on any atom is -0.448 e. The number of hydrogen-bond acceptors (Lipinski definition) is 11. The molecule has 1 aliphatic carbocycles. The van der Waals surface area contributed by atoms with Gasteiger partial charge < -0.3 is 15.2 Å². The molecule has 3 aromatic heterocycles. The van der Waals surface area contributed by atoms with E-state index in [2.05, 4.69) is 32.3 Å². The van der Waals surface area contributed by atoms with Crippen LogP contribution < -0.4 is 9.62 Å². The minimum absolute atomic E-state index is 0.0281. The van der Waals surface area contributed by atoms with Crippen molar-refractivity contribution in [3.63, 3.8) is 0 Å². The summed E-state index contributed by atoms with van der Waals surface area (Å²) in [6.07, 6.45) is -12.3. The van der Waals surface area contributed by atoms with Gasteiger partial charge in [-0.1, -0.05) is 30.5 Å². The number of alkyl halides is 8. The van der Waals surface area contributed by atoms with E-state index in [4.69, 9.17) is 21.4 Å². The Bertz CT molecular complexity index is 3220. The number of unbranched alkanes of at least 4 members (excludes halogenated alkanes) is 1. The maximum Gasteiger partial charge on any atom is 0.435 e. The molecule has 0 aliphatic heterocycles. The molecule has 390 valence electrons. The highest BCUT2D eigenvalue weighted by atomic mass is 35.5. The predicted molar refractivity (Wildman–Crippen MR) is 240 cm³/mol. The quantitative estimate of drug-likeness (QED) is 0.0581. The van der Waals surface area contributed by atoms with E-state index < -0.39 is 155 Å². The topological polar surface area (TPSA) is 196 Å². The van der Waals surface area contributed by atoms with Crippen molar-refractivity contribution in [1.82, 2.24) is 29.9 Å². The molecular formula is C44H42ClF10N7O8S2. The minimum atomic E-state index is -5.25. The number of hydrogen-bond donors (Lipinski definition) is 2. The van der Waals surface area contributed by atoms with E-state index in [9.17, 15) is 61.5 Å². The highest BCUT2D eigenvalue weighted by molar-refractivity contribution is 7.93. The normalized spacial score (nSPS) is 15.5. The van der Waals surface area contributed by atoms with Gasteiger partial charge in [-0.15, -0.1) is 0 Å². The number of rotatable bonds is 15. The molecule has 0 fully saturated rings. The van der Waals surface area contributed by atoms with Crippen LogP contribution in [0.25, 0.3) is 22.0 Å². The lowest BCUT2D eigenvalue weighted by Gasteiger charge is -2.23. The number of anilines is 1. The fourth-order valence-corrected chi connectivity index (χ4v) is 9.09. The van der Waals surface area contributed by atoms with E-state index >= 15 is 8.78 Å². The summed E-state index contributed by atoms with van der Waals surface area (Å²) in [7, 11) is -8.75. The molecule has 2 amide bonds. The number of pyridine rings is 1. The molecule has 15 nitrogen and oxygen atoms in total. The third-order valence-corrected chi connectivity index (χ3v) is 14.5. The second-order valence-corrected chi connectivity index (χ2v) is 22.1. The Kier molecular flexibility index (Phi) is 15.5. The molecule has 0 radical (unpaired) electrons. The summed E-state index contributed by atoms with van der Waals surface area (Å²) in [5, 5.41) is 17.7. The van der Waals surface area contributed by atoms with Crippen molar-refractivity contribution in [3.05, 3.63) is 93.0 Å². The van der Waals surface area contributed by atoms with Crippen molar-refractivity contribution >= 4 is 60.2 Å². The van der Waals surface area contributed by atoms with Crippen molar-refractivity contribution in [2.24, 2.45) is 0 Å². The fourth-order valence-electron chi connectivity index (χ4n) is 7.85. The molecule has 0 saturated carbocycles. The molecule has 28 heteroatoms. The van der Waals surface area contributed by atoms with Crippen LogP contribution in [-0.4, -0.2) is 95.1 Å². The van der Waals surface area contributed by atoms with Gasteiger partial charge >= 0.3 is 18.4 Å². The van der Waals surface area contributed by atoms with Gasteiger partial charge in [0.1, 0.15) is 40.9 Å². The van der Waals surface area contributed by atoms with Crippen LogP contribution in [0.2, 0.25) is 5.02 Å². The third kappa shape index (κ3) is 12.1. The number of sulfonamides is 1. The second kappa shape index (κ2) is 20.1. The van der Waals surface area contributed by atoms with E-state index in [0.717, 1.165) is 49.6 Å². The highest BCUT2D eigenvalue weighted by Gasteiger charge is 2.53. The van der Waals surface area contributed by atoms with E-state index in [-0.39, 0.29) is 55.5 Å². The first-order valence-electron chi connectivity index (χ1n) is 21.2. The van der Waals surface area contributed by atoms with Gasteiger partial charge in [-0.25, -0.2) is 35.4 Å². The lowest BCUT2D eigenvalue weighted by molar-refractivity contribution is -0.143. The summed E-state index contributed by atoms with van der Waals surface area (Å²) in [6, 6.07) is 4.68. The zero-order valence-electron chi connectivity index (χ0n) is 38.3. The van der Waals surface area contributed by atoms with Crippen LogP contribution in [0.5, 0.6) is 0 Å². The standard InChI is InChI=1S/C44H42ClF10N7O8S2/c1-23-20-42(48,49)38-33(23)37(44(53,54)55)58-60(38)21-32(64)57-31(18-24-16-25(46)19-26(47)17-24)35-28(9-8-27(56-35)12-13-41(2,3)71(4,66)67)29-10-11-30(45)34-36(29)61(22-43(50,51)52)59-39(34)62(72(5,68)69)40(65)70-15-7-6-14-63/h8-11,16-17,19,23,31,63H,6-7,14-15,18,20-22H2,1-5H3,(H,57,64)/t23-,31-/m0/s1. The smallest absolute Gasteiger partial charge is 0.435 e. The van der Waals surface area contributed by atoms with Crippen LogP contribution in [0.3, 0.4) is 0 Å². The molecule has 2 atom stereocenters. The number of ether oxygens (including phenoxy) is 1. The van der Waals surface area contributed by atoms with Crippen LogP contribution in [0, 0.1) is 23.5 Å². The summed E-state index contributed by atoms with van der Waals surface area (Å²) in [4.78, 5) is 32.1. The monoisotopic (exact) mass is 1090 g/mol. The summed E-state index contributed by atoms with van der Waals surface area (Å²) < 4.78 is 202. The Morgan fingerprint density at radius 1 is 0.972 bits per heavy atom. The number of halogens is 11.